The first kappa shape index (κ1) is 13.7. The number of hydrogen-bond acceptors (Lipinski definition) is 5. The Morgan fingerprint density at radius 2 is 2.37 bits per heavy atom. The van der Waals surface area contributed by atoms with Crippen LogP contribution in [0, 0.1) is 0 Å². The predicted octanol–water partition coefficient (Wildman–Crippen LogP) is 2.03. The van der Waals surface area contributed by atoms with Gasteiger partial charge in [0.25, 0.3) is 0 Å². The van der Waals surface area contributed by atoms with E-state index in [1.165, 1.54) is 0 Å². The molecule has 2 atom stereocenters. The molecule has 1 heterocycles. The van der Waals surface area contributed by atoms with Crippen molar-refractivity contribution in [3.63, 3.8) is 0 Å². The first-order valence-electron chi connectivity index (χ1n) is 6.56. The molecule has 0 spiro atoms. The van der Waals surface area contributed by atoms with Crippen molar-refractivity contribution in [3.05, 3.63) is 23.8 Å². The maximum atomic E-state index is 11.9. The van der Waals surface area contributed by atoms with Gasteiger partial charge in [0.05, 0.1) is 24.3 Å². The van der Waals surface area contributed by atoms with Gasteiger partial charge in [-0.15, -0.1) is 0 Å². The molecule has 2 unspecified atom stereocenters. The fraction of sp³-hybridized carbons (Fsp3) is 0.500. The summed E-state index contributed by atoms with van der Waals surface area (Å²) in [6.45, 7) is 4.88. The number of esters is 1. The molecule has 5 heteroatoms. The minimum atomic E-state index is -0.358. The summed E-state index contributed by atoms with van der Waals surface area (Å²) in [6.07, 6.45) is 1.06. The Morgan fingerprint density at radius 1 is 1.58 bits per heavy atom. The molecule has 3 N–H and O–H groups in total. The highest BCUT2D eigenvalue weighted by Gasteiger charge is 2.25. The molecule has 1 aliphatic heterocycles. The van der Waals surface area contributed by atoms with Gasteiger partial charge in [0, 0.05) is 18.0 Å². The summed E-state index contributed by atoms with van der Waals surface area (Å²) in [5, 5.41) is 3.34. The number of hydrogen-bond donors (Lipinski definition) is 2. The highest BCUT2D eigenvalue weighted by molar-refractivity contribution is 5.96. The molecular formula is C14H20N2O3. The number of nitrogens with one attached hydrogen (secondary N) is 1. The maximum Gasteiger partial charge on any atom is 0.340 e. The Labute approximate surface area is 113 Å². The Morgan fingerprint density at radius 3 is 3.00 bits per heavy atom. The standard InChI is InChI=1S/C14H20N2O3/c1-3-18-14(17)11-8-10(15)4-5-13(11)16-12-6-7-19-9(12)2/h4-5,8-9,12,16H,3,6-7,15H2,1-2H3. The molecule has 19 heavy (non-hydrogen) atoms. The second-order valence-corrected chi connectivity index (χ2v) is 4.64. The second kappa shape index (κ2) is 5.93. The summed E-state index contributed by atoms with van der Waals surface area (Å²) >= 11 is 0. The number of benzene rings is 1. The van der Waals surface area contributed by atoms with Gasteiger partial charge in [0.15, 0.2) is 0 Å². The molecule has 0 aromatic heterocycles. The van der Waals surface area contributed by atoms with Gasteiger partial charge in [-0.25, -0.2) is 4.79 Å². The zero-order valence-corrected chi connectivity index (χ0v) is 11.3. The molecule has 1 fully saturated rings. The Hall–Kier alpha value is -1.75. The van der Waals surface area contributed by atoms with E-state index < -0.39 is 0 Å². The van der Waals surface area contributed by atoms with Gasteiger partial charge in [-0.05, 0) is 38.5 Å². The lowest BCUT2D eigenvalue weighted by molar-refractivity contribution is 0.0527. The molecular weight excluding hydrogens is 244 g/mol. The number of ether oxygens (including phenoxy) is 2. The number of anilines is 2. The zero-order chi connectivity index (χ0) is 13.8. The molecule has 1 aromatic carbocycles. The topological polar surface area (TPSA) is 73.6 Å². The minimum absolute atomic E-state index is 0.132. The summed E-state index contributed by atoms with van der Waals surface area (Å²) in [6, 6.07) is 5.43. The van der Waals surface area contributed by atoms with Crippen molar-refractivity contribution in [3.8, 4) is 0 Å². The second-order valence-electron chi connectivity index (χ2n) is 4.64. The first-order valence-corrected chi connectivity index (χ1v) is 6.56. The lowest BCUT2D eigenvalue weighted by Gasteiger charge is -2.19. The molecule has 0 aliphatic carbocycles. The van der Waals surface area contributed by atoms with Crippen molar-refractivity contribution >= 4 is 17.3 Å². The van der Waals surface area contributed by atoms with Crippen LogP contribution in [-0.4, -0.2) is 31.3 Å². The van der Waals surface area contributed by atoms with Gasteiger partial charge >= 0.3 is 5.97 Å². The zero-order valence-electron chi connectivity index (χ0n) is 11.3. The van der Waals surface area contributed by atoms with Crippen LogP contribution in [0.5, 0.6) is 0 Å². The summed E-state index contributed by atoms with van der Waals surface area (Å²) < 4.78 is 10.6. The van der Waals surface area contributed by atoms with Crippen LogP contribution in [0.3, 0.4) is 0 Å². The van der Waals surface area contributed by atoms with Crippen LogP contribution in [0.2, 0.25) is 0 Å². The van der Waals surface area contributed by atoms with Crippen LogP contribution >= 0.6 is 0 Å². The van der Waals surface area contributed by atoms with Gasteiger partial charge < -0.3 is 20.5 Å². The van der Waals surface area contributed by atoms with E-state index in [9.17, 15) is 4.79 Å². The third-order valence-corrected chi connectivity index (χ3v) is 3.26. The van der Waals surface area contributed by atoms with E-state index in [2.05, 4.69) is 5.32 Å². The van der Waals surface area contributed by atoms with E-state index in [1.807, 2.05) is 13.0 Å². The van der Waals surface area contributed by atoms with Crippen molar-refractivity contribution < 1.29 is 14.3 Å². The van der Waals surface area contributed by atoms with Crippen molar-refractivity contribution in [2.75, 3.05) is 24.3 Å². The SMILES string of the molecule is CCOC(=O)c1cc(N)ccc1NC1CCOC1C. The highest BCUT2D eigenvalue weighted by atomic mass is 16.5. The summed E-state index contributed by atoms with van der Waals surface area (Å²) in [7, 11) is 0. The monoisotopic (exact) mass is 264 g/mol. The van der Waals surface area contributed by atoms with Crippen LogP contribution in [-0.2, 0) is 9.47 Å². The van der Waals surface area contributed by atoms with E-state index in [-0.39, 0.29) is 18.1 Å². The van der Waals surface area contributed by atoms with Crippen LogP contribution in [0.4, 0.5) is 11.4 Å². The Bertz CT molecular complexity index is 462. The molecule has 0 amide bonds. The van der Waals surface area contributed by atoms with E-state index in [4.69, 9.17) is 15.2 Å². The van der Waals surface area contributed by atoms with Crippen molar-refractivity contribution in [1.82, 2.24) is 0 Å². The smallest absolute Gasteiger partial charge is 0.340 e. The molecule has 1 saturated heterocycles. The lowest BCUT2D eigenvalue weighted by atomic mass is 10.1. The molecule has 0 radical (unpaired) electrons. The molecule has 2 rings (SSSR count). The van der Waals surface area contributed by atoms with Gasteiger partial charge in [-0.3, -0.25) is 0 Å². The number of carbonyl (C=O) groups is 1. The molecule has 1 aliphatic rings. The Balaban J connectivity index is 2.21. The minimum Gasteiger partial charge on any atom is -0.462 e. The van der Waals surface area contributed by atoms with Gasteiger partial charge in [-0.1, -0.05) is 0 Å². The van der Waals surface area contributed by atoms with E-state index in [0.717, 1.165) is 18.7 Å². The largest absolute Gasteiger partial charge is 0.462 e. The third kappa shape index (κ3) is 3.17. The molecule has 0 saturated carbocycles. The number of nitrogen functional groups attached to an aromatic ring is 1. The van der Waals surface area contributed by atoms with Crippen molar-refractivity contribution in [1.29, 1.82) is 0 Å². The van der Waals surface area contributed by atoms with Crippen LogP contribution in [0.1, 0.15) is 30.6 Å². The van der Waals surface area contributed by atoms with Gasteiger partial charge in [0.2, 0.25) is 0 Å². The van der Waals surface area contributed by atoms with Crippen molar-refractivity contribution in [2.45, 2.75) is 32.4 Å². The molecule has 1 aromatic rings. The summed E-state index contributed by atoms with van der Waals surface area (Å²) in [5.74, 6) is -0.358. The van der Waals surface area contributed by atoms with Gasteiger partial charge in [0.1, 0.15) is 0 Å². The molecule has 0 bridgehead atoms. The quantitative estimate of drug-likeness (QED) is 0.643. The predicted molar refractivity (Wildman–Crippen MR) is 74.3 cm³/mol. The normalized spacial score (nSPS) is 22.2. The third-order valence-electron chi connectivity index (χ3n) is 3.26. The lowest BCUT2D eigenvalue weighted by Crippen LogP contribution is -2.27. The highest BCUT2D eigenvalue weighted by Crippen LogP contribution is 2.24. The number of nitrogens with two attached hydrogens (primary N) is 1. The van der Waals surface area contributed by atoms with Crippen LogP contribution in [0.25, 0.3) is 0 Å². The van der Waals surface area contributed by atoms with Gasteiger partial charge in [-0.2, -0.15) is 0 Å². The summed E-state index contributed by atoms with van der Waals surface area (Å²) in [5.41, 5.74) is 7.50. The van der Waals surface area contributed by atoms with E-state index >= 15 is 0 Å². The molecule has 104 valence electrons. The van der Waals surface area contributed by atoms with E-state index in [1.54, 1.807) is 19.1 Å². The maximum absolute atomic E-state index is 11.9. The number of carbonyl (C=O) groups excluding carboxylic acids is 1. The Kier molecular flexibility index (Phi) is 4.27. The average Bonchev–Trinajstić information content (AvgIpc) is 2.77. The number of rotatable bonds is 4. The fourth-order valence-corrected chi connectivity index (χ4v) is 2.19. The summed E-state index contributed by atoms with van der Waals surface area (Å²) in [4.78, 5) is 11.9. The average molecular weight is 264 g/mol. The van der Waals surface area contributed by atoms with Crippen LogP contribution < -0.4 is 11.1 Å². The molecule has 5 nitrogen and oxygen atoms in total. The van der Waals surface area contributed by atoms with Crippen molar-refractivity contribution in [2.24, 2.45) is 0 Å². The van der Waals surface area contributed by atoms with E-state index in [0.29, 0.717) is 17.9 Å². The fourth-order valence-electron chi connectivity index (χ4n) is 2.19. The first-order chi connectivity index (χ1) is 9.11. The van der Waals surface area contributed by atoms with Crippen LogP contribution in [0.15, 0.2) is 18.2 Å².